The third-order valence-corrected chi connectivity index (χ3v) is 6.62. The molecule has 0 aliphatic carbocycles. The smallest absolute Gasteiger partial charge is 0.357 e. The molecule has 0 heterocycles. The second-order valence-electron chi connectivity index (χ2n) is 5.66. The Kier molecular flexibility index (Phi) is 8.47. The van der Waals surface area contributed by atoms with Gasteiger partial charge in [-0.05, 0) is 38.1 Å². The second kappa shape index (κ2) is 10.4. The summed E-state index contributed by atoms with van der Waals surface area (Å²) in [5.41, 5.74) is 1.12. The van der Waals surface area contributed by atoms with Gasteiger partial charge in [-0.15, -0.1) is 0 Å². The topological polar surface area (TPSA) is 66.0 Å². The van der Waals surface area contributed by atoms with Gasteiger partial charge >= 0.3 is 7.60 Å². The molecule has 2 aromatic carbocycles. The molecule has 0 amide bonds. The number of anilines is 1. The summed E-state index contributed by atoms with van der Waals surface area (Å²) >= 11 is 12.5. The van der Waals surface area contributed by atoms with Gasteiger partial charge in [-0.2, -0.15) is 0 Å². The van der Waals surface area contributed by atoms with Gasteiger partial charge in [-0.25, -0.2) is 0 Å². The van der Waals surface area contributed by atoms with Crippen LogP contribution in [0.3, 0.4) is 0 Å². The molecule has 0 saturated carbocycles. The van der Waals surface area contributed by atoms with Crippen LogP contribution in [0.25, 0.3) is 0 Å². The fourth-order valence-electron chi connectivity index (χ4n) is 2.74. The van der Waals surface area contributed by atoms with E-state index in [9.17, 15) is 4.57 Å². The summed E-state index contributed by atoms with van der Waals surface area (Å²) in [6, 6.07) is 10.4. The molecule has 0 fully saturated rings. The first kappa shape index (κ1) is 22.9. The molecule has 1 atom stereocenters. The van der Waals surface area contributed by atoms with E-state index in [0.717, 1.165) is 0 Å². The number of hydrogen-bond donors (Lipinski definition) is 1. The maximum atomic E-state index is 13.7. The summed E-state index contributed by atoms with van der Waals surface area (Å²) < 4.78 is 35.6. The lowest BCUT2D eigenvalue weighted by Gasteiger charge is -2.29. The van der Waals surface area contributed by atoms with Crippen LogP contribution in [0.5, 0.6) is 11.5 Å². The zero-order chi connectivity index (χ0) is 20.7. The first-order valence-corrected chi connectivity index (χ1v) is 11.1. The van der Waals surface area contributed by atoms with Gasteiger partial charge in [-0.1, -0.05) is 29.3 Å². The van der Waals surface area contributed by atoms with Crippen molar-refractivity contribution in [3.8, 4) is 11.5 Å². The van der Waals surface area contributed by atoms with E-state index < -0.39 is 13.4 Å². The Labute approximate surface area is 175 Å². The summed E-state index contributed by atoms with van der Waals surface area (Å²) in [5, 5.41) is 3.89. The van der Waals surface area contributed by atoms with E-state index in [1.807, 2.05) is 18.2 Å². The first-order chi connectivity index (χ1) is 13.4. The van der Waals surface area contributed by atoms with Crippen molar-refractivity contribution >= 4 is 36.5 Å². The number of hydrogen-bond acceptors (Lipinski definition) is 6. The zero-order valence-corrected chi connectivity index (χ0v) is 18.6. The van der Waals surface area contributed by atoms with E-state index in [1.54, 1.807) is 39.2 Å². The lowest BCUT2D eigenvalue weighted by atomic mass is 10.2. The molecule has 0 spiro atoms. The maximum absolute atomic E-state index is 13.7. The summed E-state index contributed by atoms with van der Waals surface area (Å²) in [6.45, 7) is 3.89. The van der Waals surface area contributed by atoms with Crippen LogP contribution < -0.4 is 14.8 Å². The average molecular weight is 448 g/mol. The largest absolute Gasteiger partial charge is 0.497 e. The van der Waals surface area contributed by atoms with Crippen molar-refractivity contribution in [1.82, 2.24) is 0 Å². The van der Waals surface area contributed by atoms with Crippen molar-refractivity contribution in [3.05, 3.63) is 52.0 Å². The fraction of sp³-hybridized carbons (Fsp3) is 0.368. The van der Waals surface area contributed by atoms with Gasteiger partial charge in [0.1, 0.15) is 11.5 Å². The predicted octanol–water partition coefficient (Wildman–Crippen LogP) is 6.39. The van der Waals surface area contributed by atoms with E-state index in [0.29, 0.717) is 32.8 Å². The van der Waals surface area contributed by atoms with Crippen molar-refractivity contribution in [2.75, 3.05) is 32.8 Å². The quantitative estimate of drug-likeness (QED) is 0.425. The van der Waals surface area contributed by atoms with Gasteiger partial charge in [0.2, 0.25) is 0 Å². The lowest BCUT2D eigenvalue weighted by Crippen LogP contribution is -2.16. The second-order valence-corrected chi connectivity index (χ2v) is 8.62. The third-order valence-electron chi connectivity index (χ3n) is 3.84. The van der Waals surface area contributed by atoms with Crippen molar-refractivity contribution in [2.24, 2.45) is 0 Å². The maximum Gasteiger partial charge on any atom is 0.357 e. The molecule has 2 aromatic rings. The van der Waals surface area contributed by atoms with E-state index in [4.69, 9.17) is 41.7 Å². The van der Waals surface area contributed by atoms with Gasteiger partial charge in [-0.3, -0.25) is 4.57 Å². The monoisotopic (exact) mass is 447 g/mol. The molecule has 28 heavy (non-hydrogen) atoms. The van der Waals surface area contributed by atoms with Gasteiger partial charge in [0, 0.05) is 22.3 Å². The van der Waals surface area contributed by atoms with Crippen molar-refractivity contribution in [1.29, 1.82) is 0 Å². The minimum Gasteiger partial charge on any atom is -0.497 e. The number of methoxy groups -OCH3 is 2. The van der Waals surface area contributed by atoms with Gasteiger partial charge in [0.05, 0.1) is 32.5 Å². The SMILES string of the molecule is CCOP(=O)(OCC)C(Nc1cccc(OC)c1)c1cc(Cl)cc(Cl)c1OC. The van der Waals surface area contributed by atoms with E-state index in [2.05, 4.69) is 5.32 Å². The molecule has 0 radical (unpaired) electrons. The van der Waals surface area contributed by atoms with Crippen molar-refractivity contribution in [3.63, 3.8) is 0 Å². The van der Waals surface area contributed by atoms with Crippen LogP contribution in [-0.2, 0) is 13.6 Å². The third kappa shape index (κ3) is 5.34. The van der Waals surface area contributed by atoms with E-state index in [-0.39, 0.29) is 13.2 Å². The van der Waals surface area contributed by atoms with Crippen LogP contribution >= 0.6 is 30.8 Å². The fourth-order valence-corrected chi connectivity index (χ4v) is 5.26. The summed E-state index contributed by atoms with van der Waals surface area (Å²) in [5.74, 6) is 0.0687. The molecule has 9 heteroatoms. The molecular formula is C19H24Cl2NO5P. The minimum atomic E-state index is -3.67. The van der Waals surface area contributed by atoms with Crippen LogP contribution in [0, 0.1) is 0 Å². The highest BCUT2D eigenvalue weighted by atomic mass is 35.5. The molecule has 0 aliphatic rings. The van der Waals surface area contributed by atoms with Gasteiger partial charge in [0.15, 0.2) is 5.78 Å². The Morgan fingerprint density at radius 2 is 1.71 bits per heavy atom. The first-order valence-electron chi connectivity index (χ1n) is 8.70. The molecule has 6 nitrogen and oxygen atoms in total. The molecular weight excluding hydrogens is 424 g/mol. The summed E-state index contributed by atoms with van der Waals surface area (Å²) in [4.78, 5) is 0. The standard InChI is InChI=1S/C19H24Cl2NO5P/c1-5-26-28(23,27-6-2)19(22-14-8-7-9-15(12-14)24-3)16-10-13(20)11-17(21)18(16)25-4/h7-12,19,22H,5-6H2,1-4H3. The Morgan fingerprint density at radius 3 is 2.29 bits per heavy atom. The van der Waals surface area contributed by atoms with Crippen LogP contribution in [-0.4, -0.2) is 27.4 Å². The van der Waals surface area contributed by atoms with Crippen LogP contribution in [0.1, 0.15) is 25.2 Å². The Bertz CT molecular complexity index is 839. The van der Waals surface area contributed by atoms with Crippen LogP contribution in [0.4, 0.5) is 5.69 Å². The number of benzene rings is 2. The number of nitrogens with one attached hydrogen (secondary N) is 1. The van der Waals surface area contributed by atoms with Crippen LogP contribution in [0.15, 0.2) is 36.4 Å². The highest BCUT2D eigenvalue weighted by Gasteiger charge is 2.39. The molecule has 0 aromatic heterocycles. The number of ether oxygens (including phenoxy) is 2. The van der Waals surface area contributed by atoms with Crippen molar-refractivity contribution in [2.45, 2.75) is 19.6 Å². The molecule has 0 aliphatic heterocycles. The van der Waals surface area contributed by atoms with Crippen molar-refractivity contribution < 1.29 is 23.1 Å². The summed E-state index contributed by atoms with van der Waals surface area (Å²) in [7, 11) is -0.619. The van der Waals surface area contributed by atoms with E-state index in [1.165, 1.54) is 7.11 Å². The molecule has 1 N–H and O–H groups in total. The molecule has 1 unspecified atom stereocenters. The zero-order valence-electron chi connectivity index (χ0n) is 16.2. The number of halogens is 2. The molecule has 154 valence electrons. The normalized spacial score (nSPS) is 12.5. The average Bonchev–Trinajstić information content (AvgIpc) is 2.66. The predicted molar refractivity (Wildman–Crippen MR) is 113 cm³/mol. The molecule has 2 rings (SSSR count). The highest BCUT2D eigenvalue weighted by Crippen LogP contribution is 2.62. The minimum absolute atomic E-state index is 0.199. The van der Waals surface area contributed by atoms with E-state index >= 15 is 0 Å². The van der Waals surface area contributed by atoms with Gasteiger partial charge in [0.25, 0.3) is 0 Å². The number of rotatable bonds is 10. The highest BCUT2D eigenvalue weighted by molar-refractivity contribution is 7.54. The molecule has 0 bridgehead atoms. The Balaban J connectivity index is 2.63. The Hall–Kier alpha value is -1.43. The summed E-state index contributed by atoms with van der Waals surface area (Å²) in [6.07, 6.45) is 0. The molecule has 0 saturated heterocycles. The Morgan fingerprint density at radius 1 is 1.04 bits per heavy atom. The van der Waals surface area contributed by atoms with Gasteiger partial charge < -0.3 is 23.8 Å². The lowest BCUT2D eigenvalue weighted by molar-refractivity contribution is 0.213. The van der Waals surface area contributed by atoms with Crippen LogP contribution in [0.2, 0.25) is 10.0 Å².